The minimum atomic E-state index is 0.870. The Hall–Kier alpha value is -0.0400. The average molecular weight is 251 g/mol. The molecular weight excluding hydrogens is 218 g/mol. The van der Waals surface area contributed by atoms with Crippen LogP contribution in [0.2, 0.25) is 0 Å². The maximum atomic E-state index is 2.79. The van der Waals surface area contributed by atoms with Crippen LogP contribution < -0.4 is 0 Å². The third-order valence-electron chi connectivity index (χ3n) is 5.59. The van der Waals surface area contributed by atoms with Crippen LogP contribution in [0.5, 0.6) is 0 Å². The van der Waals surface area contributed by atoms with Gasteiger partial charge in [0.05, 0.1) is 0 Å². The minimum Gasteiger partial charge on any atom is -0.300 e. The SMILES string of the molecule is CC(C)C1CCC(N2CCCC2)CCC1C(C)C. The summed E-state index contributed by atoms with van der Waals surface area (Å²) in [5, 5.41) is 0. The Bertz CT molecular complexity index is 222. The van der Waals surface area contributed by atoms with Crippen molar-refractivity contribution in [2.24, 2.45) is 23.7 Å². The Kier molecular flexibility index (Phi) is 5.12. The van der Waals surface area contributed by atoms with E-state index in [4.69, 9.17) is 0 Å². The lowest BCUT2D eigenvalue weighted by Gasteiger charge is -2.31. The normalized spacial score (nSPS) is 35.3. The first kappa shape index (κ1) is 14.4. The quantitative estimate of drug-likeness (QED) is 0.664. The van der Waals surface area contributed by atoms with Crippen LogP contribution in [0.3, 0.4) is 0 Å². The summed E-state index contributed by atoms with van der Waals surface area (Å²) < 4.78 is 0. The molecule has 0 radical (unpaired) electrons. The molecule has 2 unspecified atom stereocenters. The van der Waals surface area contributed by atoms with Crippen LogP contribution in [0.4, 0.5) is 0 Å². The molecular formula is C17H33N. The van der Waals surface area contributed by atoms with Crippen molar-refractivity contribution in [2.75, 3.05) is 13.1 Å². The molecule has 1 aliphatic carbocycles. The molecule has 18 heavy (non-hydrogen) atoms. The fourth-order valence-electron chi connectivity index (χ4n) is 4.47. The maximum absolute atomic E-state index is 2.79. The number of likely N-dealkylation sites (tertiary alicyclic amines) is 1. The van der Waals surface area contributed by atoms with Crippen LogP contribution in [0.15, 0.2) is 0 Å². The Morgan fingerprint density at radius 1 is 0.722 bits per heavy atom. The molecule has 2 rings (SSSR count). The highest BCUT2D eigenvalue weighted by molar-refractivity contribution is 4.86. The van der Waals surface area contributed by atoms with Gasteiger partial charge in [-0.25, -0.2) is 0 Å². The van der Waals surface area contributed by atoms with Crippen LogP contribution in [0.25, 0.3) is 0 Å². The summed E-state index contributed by atoms with van der Waals surface area (Å²) in [6.07, 6.45) is 8.76. The molecule has 1 nitrogen and oxygen atoms in total. The molecule has 0 aromatic rings. The van der Waals surface area contributed by atoms with E-state index in [1.807, 2.05) is 0 Å². The molecule has 2 atom stereocenters. The molecule has 106 valence electrons. The average Bonchev–Trinajstić information content (AvgIpc) is 2.73. The summed E-state index contributed by atoms with van der Waals surface area (Å²) in [6, 6.07) is 0.914. The second kappa shape index (κ2) is 6.41. The van der Waals surface area contributed by atoms with Gasteiger partial charge in [0, 0.05) is 6.04 Å². The van der Waals surface area contributed by atoms with Gasteiger partial charge < -0.3 is 4.90 Å². The molecule has 1 saturated carbocycles. The van der Waals surface area contributed by atoms with Crippen LogP contribution in [0, 0.1) is 23.7 Å². The van der Waals surface area contributed by atoms with Gasteiger partial charge in [-0.05, 0) is 75.3 Å². The van der Waals surface area contributed by atoms with Gasteiger partial charge >= 0.3 is 0 Å². The fraction of sp³-hybridized carbons (Fsp3) is 1.00. The lowest BCUT2D eigenvalue weighted by atomic mass is 9.74. The van der Waals surface area contributed by atoms with Crippen molar-refractivity contribution in [2.45, 2.75) is 72.3 Å². The molecule has 1 aliphatic heterocycles. The summed E-state index contributed by atoms with van der Waals surface area (Å²) in [7, 11) is 0. The fourth-order valence-corrected chi connectivity index (χ4v) is 4.47. The summed E-state index contributed by atoms with van der Waals surface area (Å²) >= 11 is 0. The second-order valence-electron chi connectivity index (χ2n) is 7.37. The Morgan fingerprint density at radius 3 is 1.56 bits per heavy atom. The number of hydrogen-bond donors (Lipinski definition) is 0. The standard InChI is InChI=1S/C17H33N/c1-13(2)16-9-7-15(18-11-5-6-12-18)8-10-17(16)14(3)4/h13-17H,5-12H2,1-4H3. The zero-order valence-corrected chi connectivity index (χ0v) is 13.0. The molecule has 2 aliphatic rings. The van der Waals surface area contributed by atoms with Crippen LogP contribution in [-0.2, 0) is 0 Å². The van der Waals surface area contributed by atoms with Gasteiger partial charge in [-0.2, -0.15) is 0 Å². The lowest BCUT2D eigenvalue weighted by molar-refractivity contribution is 0.184. The molecule has 1 heterocycles. The molecule has 1 saturated heterocycles. The molecule has 0 amide bonds. The van der Waals surface area contributed by atoms with Crippen molar-refractivity contribution in [1.29, 1.82) is 0 Å². The van der Waals surface area contributed by atoms with Crippen molar-refractivity contribution in [1.82, 2.24) is 4.90 Å². The van der Waals surface area contributed by atoms with Gasteiger partial charge in [0.1, 0.15) is 0 Å². The summed E-state index contributed by atoms with van der Waals surface area (Å²) in [5.74, 6) is 3.68. The van der Waals surface area contributed by atoms with Crippen molar-refractivity contribution >= 4 is 0 Å². The van der Waals surface area contributed by atoms with Gasteiger partial charge in [-0.1, -0.05) is 27.7 Å². The van der Waals surface area contributed by atoms with Gasteiger partial charge in [0.2, 0.25) is 0 Å². The highest BCUT2D eigenvalue weighted by Gasteiger charge is 2.33. The largest absolute Gasteiger partial charge is 0.300 e. The van der Waals surface area contributed by atoms with Crippen molar-refractivity contribution < 1.29 is 0 Å². The lowest BCUT2D eigenvalue weighted by Crippen LogP contribution is -2.32. The number of nitrogens with zero attached hydrogens (tertiary/aromatic N) is 1. The van der Waals surface area contributed by atoms with Crippen molar-refractivity contribution in [3.8, 4) is 0 Å². The highest BCUT2D eigenvalue weighted by Crippen LogP contribution is 2.39. The molecule has 0 bridgehead atoms. The topological polar surface area (TPSA) is 3.24 Å². The summed E-state index contributed by atoms with van der Waals surface area (Å²) in [5.41, 5.74) is 0. The zero-order chi connectivity index (χ0) is 13.1. The molecule has 0 spiro atoms. The first-order chi connectivity index (χ1) is 8.59. The smallest absolute Gasteiger partial charge is 0.00954 e. The van der Waals surface area contributed by atoms with Crippen molar-refractivity contribution in [3.63, 3.8) is 0 Å². The van der Waals surface area contributed by atoms with E-state index in [0.717, 1.165) is 29.7 Å². The van der Waals surface area contributed by atoms with E-state index < -0.39 is 0 Å². The predicted octanol–water partition coefficient (Wildman–Crippen LogP) is 4.57. The van der Waals surface area contributed by atoms with E-state index >= 15 is 0 Å². The summed E-state index contributed by atoms with van der Waals surface area (Å²) in [6.45, 7) is 12.5. The highest BCUT2D eigenvalue weighted by atomic mass is 15.2. The van der Waals surface area contributed by atoms with E-state index in [0.29, 0.717) is 0 Å². The van der Waals surface area contributed by atoms with Gasteiger partial charge in [-0.3, -0.25) is 0 Å². The third kappa shape index (κ3) is 3.29. The van der Waals surface area contributed by atoms with E-state index in [1.165, 1.54) is 51.6 Å². The zero-order valence-electron chi connectivity index (χ0n) is 13.0. The van der Waals surface area contributed by atoms with Crippen molar-refractivity contribution in [3.05, 3.63) is 0 Å². The van der Waals surface area contributed by atoms with Gasteiger partial charge in [0.25, 0.3) is 0 Å². The molecule has 1 heteroatoms. The molecule has 2 fully saturated rings. The Labute approximate surface area is 114 Å². The Morgan fingerprint density at radius 2 is 1.17 bits per heavy atom. The second-order valence-corrected chi connectivity index (χ2v) is 7.37. The molecule has 0 N–H and O–H groups in total. The monoisotopic (exact) mass is 251 g/mol. The third-order valence-corrected chi connectivity index (χ3v) is 5.59. The van der Waals surface area contributed by atoms with Gasteiger partial charge in [0.15, 0.2) is 0 Å². The van der Waals surface area contributed by atoms with E-state index in [-0.39, 0.29) is 0 Å². The van der Waals surface area contributed by atoms with Crippen LogP contribution in [0.1, 0.15) is 66.2 Å². The van der Waals surface area contributed by atoms with Gasteiger partial charge in [-0.15, -0.1) is 0 Å². The van der Waals surface area contributed by atoms with Crippen LogP contribution >= 0.6 is 0 Å². The number of rotatable bonds is 3. The number of hydrogen-bond acceptors (Lipinski definition) is 1. The predicted molar refractivity (Wildman–Crippen MR) is 79.7 cm³/mol. The van der Waals surface area contributed by atoms with E-state index in [9.17, 15) is 0 Å². The first-order valence-electron chi connectivity index (χ1n) is 8.33. The molecule has 0 aromatic heterocycles. The molecule has 0 aromatic carbocycles. The maximum Gasteiger partial charge on any atom is 0.00954 e. The van der Waals surface area contributed by atoms with E-state index in [1.54, 1.807) is 0 Å². The minimum absolute atomic E-state index is 0.870. The first-order valence-corrected chi connectivity index (χ1v) is 8.33. The van der Waals surface area contributed by atoms with E-state index in [2.05, 4.69) is 32.6 Å². The summed E-state index contributed by atoms with van der Waals surface area (Å²) in [4.78, 5) is 2.79. The Balaban J connectivity index is 1.98. The van der Waals surface area contributed by atoms with Crippen LogP contribution in [-0.4, -0.2) is 24.0 Å².